The van der Waals surface area contributed by atoms with Gasteiger partial charge in [0.15, 0.2) is 0 Å². The van der Waals surface area contributed by atoms with Crippen LogP contribution in [-0.4, -0.2) is 0 Å². The molecule has 0 heteroatoms. The molecule has 0 heterocycles. The molecule has 2 unspecified atom stereocenters. The van der Waals surface area contributed by atoms with Gasteiger partial charge in [-0.1, -0.05) is 45.4 Å². The molecule has 0 aromatic heterocycles. The van der Waals surface area contributed by atoms with Crippen molar-refractivity contribution in [1.29, 1.82) is 0 Å². The maximum atomic E-state index is 3.71. The van der Waals surface area contributed by atoms with E-state index in [2.05, 4.69) is 39.5 Å². The molecule has 0 spiro atoms. The normalized spacial score (nSPS) is 17.1. The summed E-state index contributed by atoms with van der Waals surface area (Å²) in [6.45, 7) is 10.3. The van der Waals surface area contributed by atoms with E-state index in [1.807, 2.05) is 6.08 Å². The standard InChI is InChI=1S/C10H18/c1-5-9(3)7-8-10(4)6-2/h5,7-10H,1,6H2,2-4H3/b8-7-. The molecule has 0 amide bonds. The van der Waals surface area contributed by atoms with E-state index in [1.54, 1.807) is 0 Å². The maximum absolute atomic E-state index is 3.71. The smallest absolute Gasteiger partial charge is 0.00845 e. The molecule has 10 heavy (non-hydrogen) atoms. The highest BCUT2D eigenvalue weighted by Crippen LogP contribution is 2.05. The van der Waals surface area contributed by atoms with Crippen molar-refractivity contribution in [1.82, 2.24) is 0 Å². The van der Waals surface area contributed by atoms with Gasteiger partial charge in [-0.3, -0.25) is 0 Å². The van der Waals surface area contributed by atoms with Crippen molar-refractivity contribution in [3.63, 3.8) is 0 Å². The van der Waals surface area contributed by atoms with Crippen molar-refractivity contribution in [3.8, 4) is 0 Å². The fourth-order valence-corrected chi connectivity index (χ4v) is 0.580. The zero-order valence-electron chi connectivity index (χ0n) is 7.30. The van der Waals surface area contributed by atoms with Crippen LogP contribution >= 0.6 is 0 Å². The summed E-state index contributed by atoms with van der Waals surface area (Å²) in [5.41, 5.74) is 0. The predicted octanol–water partition coefficient (Wildman–Crippen LogP) is 3.41. The van der Waals surface area contributed by atoms with Crippen LogP contribution in [-0.2, 0) is 0 Å². The van der Waals surface area contributed by atoms with Gasteiger partial charge in [0.05, 0.1) is 0 Å². The van der Waals surface area contributed by atoms with Gasteiger partial charge in [0.2, 0.25) is 0 Å². The quantitative estimate of drug-likeness (QED) is 0.522. The Morgan fingerprint density at radius 3 is 2.30 bits per heavy atom. The highest BCUT2D eigenvalue weighted by Gasteiger charge is 1.91. The Kier molecular flexibility index (Phi) is 5.00. The zero-order chi connectivity index (χ0) is 7.98. The van der Waals surface area contributed by atoms with Gasteiger partial charge in [-0.25, -0.2) is 0 Å². The van der Waals surface area contributed by atoms with E-state index in [4.69, 9.17) is 0 Å². The van der Waals surface area contributed by atoms with E-state index in [-0.39, 0.29) is 0 Å². The second kappa shape index (κ2) is 5.28. The highest BCUT2D eigenvalue weighted by molar-refractivity contribution is 4.96. The van der Waals surface area contributed by atoms with E-state index in [0.29, 0.717) is 11.8 Å². The van der Waals surface area contributed by atoms with Gasteiger partial charge in [-0.2, -0.15) is 0 Å². The van der Waals surface area contributed by atoms with Crippen LogP contribution in [0.2, 0.25) is 0 Å². The number of hydrogen-bond acceptors (Lipinski definition) is 0. The fourth-order valence-electron chi connectivity index (χ4n) is 0.580. The van der Waals surface area contributed by atoms with E-state index >= 15 is 0 Å². The lowest BCUT2D eigenvalue weighted by Gasteiger charge is -2.01. The largest absolute Gasteiger partial charge is 0.102 e. The van der Waals surface area contributed by atoms with Gasteiger partial charge in [-0.05, 0) is 11.8 Å². The highest BCUT2D eigenvalue weighted by atomic mass is 14.0. The summed E-state index contributed by atoms with van der Waals surface area (Å²) in [6, 6.07) is 0. The lowest BCUT2D eigenvalue weighted by Crippen LogP contribution is -1.87. The van der Waals surface area contributed by atoms with Crippen molar-refractivity contribution in [3.05, 3.63) is 24.8 Å². The molecule has 58 valence electrons. The molecular weight excluding hydrogens is 120 g/mol. The zero-order valence-corrected chi connectivity index (χ0v) is 7.30. The average Bonchev–Trinajstić information content (AvgIpc) is 1.99. The Bertz CT molecular complexity index is 111. The summed E-state index contributed by atoms with van der Waals surface area (Å²) in [5, 5.41) is 0. The Hall–Kier alpha value is -0.520. The topological polar surface area (TPSA) is 0 Å². The minimum atomic E-state index is 0.522. The van der Waals surface area contributed by atoms with Gasteiger partial charge in [-0.15, -0.1) is 6.58 Å². The predicted molar refractivity (Wildman–Crippen MR) is 48.0 cm³/mol. The van der Waals surface area contributed by atoms with Crippen molar-refractivity contribution in [2.45, 2.75) is 27.2 Å². The van der Waals surface area contributed by atoms with Gasteiger partial charge >= 0.3 is 0 Å². The average molecular weight is 138 g/mol. The summed E-state index contributed by atoms with van der Waals surface area (Å²) >= 11 is 0. The van der Waals surface area contributed by atoms with Crippen molar-refractivity contribution in [2.75, 3.05) is 0 Å². The Balaban J connectivity index is 3.62. The van der Waals surface area contributed by atoms with Crippen LogP contribution in [0.4, 0.5) is 0 Å². The third-order valence-electron chi connectivity index (χ3n) is 1.76. The summed E-state index contributed by atoms with van der Waals surface area (Å²) < 4.78 is 0. The minimum Gasteiger partial charge on any atom is -0.102 e. The van der Waals surface area contributed by atoms with E-state index in [1.165, 1.54) is 6.42 Å². The van der Waals surface area contributed by atoms with E-state index in [0.717, 1.165) is 0 Å². The van der Waals surface area contributed by atoms with Gasteiger partial charge in [0.25, 0.3) is 0 Å². The Morgan fingerprint density at radius 1 is 1.30 bits per heavy atom. The maximum Gasteiger partial charge on any atom is -0.00845 e. The first-order chi connectivity index (χ1) is 4.70. The summed E-state index contributed by atoms with van der Waals surface area (Å²) in [5.74, 6) is 1.23. The Labute approximate surface area is 64.6 Å². The molecule has 0 aliphatic rings. The molecule has 0 fully saturated rings. The van der Waals surface area contributed by atoms with E-state index < -0.39 is 0 Å². The molecule has 0 N–H and O–H groups in total. The molecule has 2 atom stereocenters. The second-order valence-electron chi connectivity index (χ2n) is 2.87. The van der Waals surface area contributed by atoms with E-state index in [9.17, 15) is 0 Å². The molecule has 0 rings (SSSR count). The van der Waals surface area contributed by atoms with Crippen LogP contribution in [0, 0.1) is 11.8 Å². The van der Waals surface area contributed by atoms with Gasteiger partial charge < -0.3 is 0 Å². The lowest BCUT2D eigenvalue weighted by molar-refractivity contribution is 0.691. The molecule has 0 saturated heterocycles. The molecule has 0 aliphatic carbocycles. The van der Waals surface area contributed by atoms with Crippen LogP contribution in [0.3, 0.4) is 0 Å². The van der Waals surface area contributed by atoms with Gasteiger partial charge in [0, 0.05) is 0 Å². The molecule has 0 aliphatic heterocycles. The monoisotopic (exact) mass is 138 g/mol. The Morgan fingerprint density at radius 2 is 1.90 bits per heavy atom. The fraction of sp³-hybridized carbons (Fsp3) is 0.600. The first-order valence-electron chi connectivity index (χ1n) is 4.01. The number of allylic oxidation sites excluding steroid dienone is 3. The molecule has 0 nitrogen and oxygen atoms in total. The molecule has 0 aromatic rings. The van der Waals surface area contributed by atoms with Crippen molar-refractivity contribution >= 4 is 0 Å². The SMILES string of the molecule is C=CC(C)/C=C\C(C)CC. The summed E-state index contributed by atoms with van der Waals surface area (Å²) in [7, 11) is 0. The first-order valence-corrected chi connectivity index (χ1v) is 4.01. The third kappa shape index (κ3) is 4.37. The van der Waals surface area contributed by atoms with Crippen molar-refractivity contribution in [2.24, 2.45) is 11.8 Å². The van der Waals surface area contributed by atoms with Crippen LogP contribution in [0.1, 0.15) is 27.2 Å². The first kappa shape index (κ1) is 9.48. The molecule has 0 saturated carbocycles. The number of rotatable bonds is 4. The van der Waals surface area contributed by atoms with Crippen LogP contribution in [0.15, 0.2) is 24.8 Å². The van der Waals surface area contributed by atoms with Crippen LogP contribution in [0.5, 0.6) is 0 Å². The van der Waals surface area contributed by atoms with Crippen molar-refractivity contribution < 1.29 is 0 Å². The second-order valence-corrected chi connectivity index (χ2v) is 2.87. The minimum absolute atomic E-state index is 0.522. The van der Waals surface area contributed by atoms with Crippen LogP contribution in [0.25, 0.3) is 0 Å². The molecule has 0 radical (unpaired) electrons. The molecular formula is C10H18. The third-order valence-corrected chi connectivity index (χ3v) is 1.76. The lowest BCUT2D eigenvalue weighted by atomic mass is 10.1. The summed E-state index contributed by atoms with van der Waals surface area (Å²) in [6.07, 6.45) is 7.65. The molecule has 0 bridgehead atoms. The number of hydrogen-bond donors (Lipinski definition) is 0. The van der Waals surface area contributed by atoms with Gasteiger partial charge in [0.1, 0.15) is 0 Å². The summed E-state index contributed by atoms with van der Waals surface area (Å²) in [4.78, 5) is 0. The van der Waals surface area contributed by atoms with Crippen LogP contribution < -0.4 is 0 Å². The molecule has 0 aromatic carbocycles.